The molecular weight excluding hydrogens is 582 g/mol. The van der Waals surface area contributed by atoms with Crippen molar-refractivity contribution in [2.24, 2.45) is 0 Å². The number of nitrogens with zero attached hydrogens (tertiary/aromatic N) is 3. The van der Waals surface area contributed by atoms with E-state index in [-0.39, 0.29) is 11.4 Å². The second-order valence-corrected chi connectivity index (χ2v) is 14.6. The predicted octanol–water partition coefficient (Wildman–Crippen LogP) is 10.7. The molecule has 0 radical (unpaired) electrons. The Labute approximate surface area is 286 Å². The largest absolute Gasteiger partial charge is 0.412 e. The van der Waals surface area contributed by atoms with Crippen LogP contribution in [0.4, 0.5) is 5.82 Å². The van der Waals surface area contributed by atoms with Crippen molar-refractivity contribution in [3.8, 4) is 0 Å². The van der Waals surface area contributed by atoms with E-state index in [0.29, 0.717) is 19.6 Å². The van der Waals surface area contributed by atoms with Crippen molar-refractivity contribution in [1.29, 1.82) is 0 Å². The van der Waals surface area contributed by atoms with Gasteiger partial charge in [0.1, 0.15) is 23.5 Å². The first kappa shape index (κ1) is 38.6. The highest BCUT2D eigenvalue weighted by Gasteiger charge is 2.22. The molecule has 0 spiro atoms. The highest BCUT2D eigenvalue weighted by atomic mass is 16.7. The summed E-state index contributed by atoms with van der Waals surface area (Å²) in [6.45, 7) is 12.2. The Kier molecular flexibility index (Phi) is 18.0. The van der Waals surface area contributed by atoms with Crippen LogP contribution in [0, 0.1) is 0 Å². The summed E-state index contributed by atoms with van der Waals surface area (Å²) in [6, 6.07) is 8.22. The fourth-order valence-corrected chi connectivity index (χ4v) is 6.23. The first-order valence-electron chi connectivity index (χ1n) is 19.3. The highest BCUT2D eigenvalue weighted by Crippen LogP contribution is 2.31. The summed E-state index contributed by atoms with van der Waals surface area (Å²) in [7, 11) is 0. The van der Waals surface area contributed by atoms with Crippen molar-refractivity contribution in [2.75, 3.05) is 18.5 Å². The molecule has 7 heteroatoms. The smallest absolute Gasteiger partial charge is 0.219 e. The van der Waals surface area contributed by atoms with E-state index in [9.17, 15) is 4.79 Å². The molecule has 0 aliphatic rings. The van der Waals surface area contributed by atoms with Crippen LogP contribution in [0.2, 0.25) is 0 Å². The van der Waals surface area contributed by atoms with Gasteiger partial charge < -0.3 is 15.5 Å². The number of para-hydroxylation sites is 1. The fraction of sp³-hybridized carbons (Fsp3) is 0.725. The maximum absolute atomic E-state index is 12.4. The van der Waals surface area contributed by atoms with Gasteiger partial charge in [0.25, 0.3) is 0 Å². The Morgan fingerprint density at radius 2 is 1.34 bits per heavy atom. The van der Waals surface area contributed by atoms with Gasteiger partial charge in [-0.05, 0) is 52.5 Å². The Morgan fingerprint density at radius 3 is 1.96 bits per heavy atom. The summed E-state index contributed by atoms with van der Waals surface area (Å²) in [5.74, 6) is 1.91. The zero-order valence-corrected chi connectivity index (χ0v) is 30.7. The third-order valence-corrected chi connectivity index (χ3v) is 8.89. The number of nitrogens with one attached hydrogen (secondary N) is 2. The zero-order chi connectivity index (χ0) is 33.7. The number of carbonyl (C=O) groups is 1. The number of hydrogen-bond donors (Lipinski definition) is 2. The number of carbonyl (C=O) groups excluding carboxylic acids is 1. The molecule has 3 aromatic rings. The van der Waals surface area contributed by atoms with E-state index in [4.69, 9.17) is 14.8 Å². The first-order chi connectivity index (χ1) is 22.8. The van der Waals surface area contributed by atoms with Crippen LogP contribution in [0.25, 0.3) is 21.9 Å². The number of pyridine rings is 1. The van der Waals surface area contributed by atoms with Crippen LogP contribution in [-0.4, -0.2) is 39.3 Å². The van der Waals surface area contributed by atoms with Gasteiger partial charge in [0, 0.05) is 30.3 Å². The van der Waals surface area contributed by atoms with Gasteiger partial charge in [0.2, 0.25) is 5.91 Å². The van der Waals surface area contributed by atoms with E-state index in [0.717, 1.165) is 78.5 Å². The predicted molar refractivity (Wildman–Crippen MR) is 200 cm³/mol. The van der Waals surface area contributed by atoms with Gasteiger partial charge >= 0.3 is 0 Å². The van der Waals surface area contributed by atoms with E-state index in [1.54, 1.807) is 0 Å². The minimum absolute atomic E-state index is 0.146. The van der Waals surface area contributed by atoms with E-state index < -0.39 is 0 Å². The summed E-state index contributed by atoms with van der Waals surface area (Å²) in [5.41, 5.74) is 2.61. The molecular formula is C40H67N5O2. The molecule has 2 aromatic heterocycles. The van der Waals surface area contributed by atoms with Gasteiger partial charge in [-0.25, -0.2) is 9.97 Å². The Morgan fingerprint density at radius 1 is 0.745 bits per heavy atom. The molecule has 0 bridgehead atoms. The van der Waals surface area contributed by atoms with Crippen LogP contribution in [0.5, 0.6) is 0 Å². The number of fused-ring (bicyclic) bond motifs is 3. The molecule has 1 aromatic carbocycles. The van der Waals surface area contributed by atoms with Crippen LogP contribution in [0.3, 0.4) is 0 Å². The molecule has 0 aliphatic heterocycles. The van der Waals surface area contributed by atoms with Crippen LogP contribution in [-0.2, 0) is 11.2 Å². The van der Waals surface area contributed by atoms with Crippen LogP contribution in [0.1, 0.15) is 169 Å². The lowest BCUT2D eigenvalue weighted by atomic mass is 10.0. The van der Waals surface area contributed by atoms with Crippen molar-refractivity contribution in [1.82, 2.24) is 20.0 Å². The second-order valence-electron chi connectivity index (χ2n) is 14.6. The maximum atomic E-state index is 12.4. The number of imidazole rings is 1. The average Bonchev–Trinajstić information content (AvgIpc) is 3.41. The topological polar surface area (TPSA) is 81.1 Å². The Balaban J connectivity index is 1.33. The third-order valence-electron chi connectivity index (χ3n) is 8.89. The molecule has 0 saturated carbocycles. The van der Waals surface area contributed by atoms with Gasteiger partial charge in [-0.1, -0.05) is 128 Å². The van der Waals surface area contributed by atoms with E-state index >= 15 is 0 Å². The SMILES string of the molecule is CCCCCCCCCCCCCCCCCC(=O)NCCCCOn1c(CCCC)nc2c(NC(C)(C)C)nc3ccccc3c21. The number of amides is 1. The number of hydrogen-bond acceptors (Lipinski definition) is 5. The minimum Gasteiger partial charge on any atom is -0.412 e. The zero-order valence-electron chi connectivity index (χ0n) is 30.7. The highest BCUT2D eigenvalue weighted by molar-refractivity contribution is 6.06. The van der Waals surface area contributed by atoms with E-state index in [1.165, 1.54) is 83.5 Å². The van der Waals surface area contributed by atoms with Gasteiger partial charge in [-0.2, -0.15) is 4.73 Å². The third kappa shape index (κ3) is 14.4. The van der Waals surface area contributed by atoms with Gasteiger partial charge in [0.05, 0.1) is 5.52 Å². The number of benzene rings is 1. The fourth-order valence-electron chi connectivity index (χ4n) is 6.23. The maximum Gasteiger partial charge on any atom is 0.219 e. The first-order valence-corrected chi connectivity index (χ1v) is 19.3. The molecule has 0 atom stereocenters. The van der Waals surface area contributed by atoms with Crippen molar-refractivity contribution in [3.05, 3.63) is 30.1 Å². The number of aromatic nitrogens is 3. The van der Waals surface area contributed by atoms with E-state index in [1.807, 2.05) is 22.9 Å². The van der Waals surface area contributed by atoms with Crippen molar-refractivity contribution in [2.45, 2.75) is 175 Å². The van der Waals surface area contributed by atoms with Crippen molar-refractivity contribution in [3.63, 3.8) is 0 Å². The van der Waals surface area contributed by atoms with Crippen LogP contribution >= 0.6 is 0 Å². The number of rotatable bonds is 26. The lowest BCUT2D eigenvalue weighted by Crippen LogP contribution is -2.27. The summed E-state index contributed by atoms with van der Waals surface area (Å²) < 4.78 is 1.96. The van der Waals surface area contributed by atoms with Crippen LogP contribution in [0.15, 0.2) is 24.3 Å². The molecule has 7 nitrogen and oxygen atoms in total. The molecule has 0 saturated heterocycles. The molecule has 0 fully saturated rings. The van der Waals surface area contributed by atoms with Crippen molar-refractivity contribution < 1.29 is 9.63 Å². The normalized spacial score (nSPS) is 11.9. The van der Waals surface area contributed by atoms with Gasteiger partial charge in [-0.3, -0.25) is 4.79 Å². The lowest BCUT2D eigenvalue weighted by Gasteiger charge is -2.22. The molecule has 1 amide bonds. The van der Waals surface area contributed by atoms with Gasteiger partial charge in [0.15, 0.2) is 5.82 Å². The summed E-state index contributed by atoms with van der Waals surface area (Å²) in [5, 5.41) is 7.73. The molecule has 2 N–H and O–H groups in total. The molecule has 264 valence electrons. The summed E-state index contributed by atoms with van der Waals surface area (Å²) in [4.78, 5) is 28.8. The number of unbranched alkanes of at least 4 members (excludes halogenated alkanes) is 16. The van der Waals surface area contributed by atoms with Gasteiger partial charge in [-0.15, -0.1) is 0 Å². The Hall–Kier alpha value is -2.83. The Bertz CT molecular complexity index is 1300. The second kappa shape index (κ2) is 21.9. The summed E-state index contributed by atoms with van der Waals surface area (Å²) in [6.07, 6.45) is 25.5. The summed E-state index contributed by atoms with van der Waals surface area (Å²) >= 11 is 0. The minimum atomic E-state index is -0.146. The van der Waals surface area contributed by atoms with Crippen LogP contribution < -0.4 is 15.5 Å². The molecule has 2 heterocycles. The monoisotopic (exact) mass is 650 g/mol. The average molecular weight is 650 g/mol. The quantitative estimate of drug-likeness (QED) is 0.0846. The number of aryl methyl sites for hydroxylation is 1. The van der Waals surface area contributed by atoms with Crippen molar-refractivity contribution >= 4 is 33.7 Å². The standard InChI is InChI=1S/C40H67N5O2/c1-6-8-10-11-12-13-14-15-16-17-18-19-20-21-22-30-36(46)41-31-25-26-32-47-45-35(29-9-7-2)43-37-38(45)33-27-23-24-28-34(33)42-39(37)44-40(3,4)5/h23-24,27-28H,6-22,25-26,29-32H2,1-5H3,(H,41,46)(H,42,44). The van der Waals surface area contributed by atoms with E-state index in [2.05, 4.69) is 51.3 Å². The number of anilines is 1. The lowest BCUT2D eigenvalue weighted by molar-refractivity contribution is -0.121. The molecule has 3 rings (SSSR count). The molecule has 0 aliphatic carbocycles. The molecule has 47 heavy (non-hydrogen) atoms. The molecule has 0 unspecified atom stereocenters.